The first kappa shape index (κ1) is 24.0. The molecule has 0 aliphatic carbocycles. The van der Waals surface area contributed by atoms with E-state index in [-0.39, 0.29) is 11.3 Å². The van der Waals surface area contributed by atoms with Crippen LogP contribution in [0.15, 0.2) is 42.0 Å². The van der Waals surface area contributed by atoms with E-state index in [2.05, 4.69) is 0 Å². The maximum absolute atomic E-state index is 13.1. The molecule has 1 N–H and O–H groups in total. The van der Waals surface area contributed by atoms with Crippen LogP contribution in [-0.2, 0) is 9.59 Å². The van der Waals surface area contributed by atoms with E-state index in [0.717, 1.165) is 0 Å². The molecule has 2 aromatic carbocycles. The summed E-state index contributed by atoms with van der Waals surface area (Å²) in [7, 11) is 4.51. The summed E-state index contributed by atoms with van der Waals surface area (Å²) in [5, 5.41) is 11.2. The van der Waals surface area contributed by atoms with Crippen LogP contribution in [0.4, 0.5) is 0 Å². The van der Waals surface area contributed by atoms with Gasteiger partial charge in [-0.2, -0.15) is 0 Å². The minimum absolute atomic E-state index is 0.00637. The summed E-state index contributed by atoms with van der Waals surface area (Å²) < 4.78 is 21.6. The normalized spacial score (nSPS) is 17.2. The molecule has 1 saturated heterocycles. The van der Waals surface area contributed by atoms with Crippen molar-refractivity contribution in [2.45, 2.75) is 26.3 Å². The number of nitrogens with zero attached hydrogens (tertiary/aromatic N) is 1. The number of carbonyl (C=O) groups excluding carboxylic acids is 2. The number of Topliss-reactive ketones (excluding diaryl/α,β-unsaturated/α-hetero) is 1. The van der Waals surface area contributed by atoms with E-state index in [9.17, 15) is 14.7 Å². The number of hydrogen-bond donors (Lipinski definition) is 1. The summed E-state index contributed by atoms with van der Waals surface area (Å²) in [6, 6.07) is 9.27. The zero-order valence-corrected chi connectivity index (χ0v) is 19.5. The summed E-state index contributed by atoms with van der Waals surface area (Å²) in [5.74, 6) is 0.214. The van der Waals surface area contributed by atoms with Crippen LogP contribution >= 0.6 is 0 Å². The molecule has 1 amide bonds. The molecule has 1 fully saturated rings. The molecule has 0 bridgehead atoms. The smallest absolute Gasteiger partial charge is 0.295 e. The third-order valence-electron chi connectivity index (χ3n) is 5.46. The molecule has 3 rings (SSSR count). The third-order valence-corrected chi connectivity index (χ3v) is 5.46. The maximum Gasteiger partial charge on any atom is 0.295 e. The number of amides is 1. The SMILES string of the molecule is CCCN1C(=O)C(=O)/C(=C(\O)c2ccc(OC)c(OC)c2)C1c1ccc(OCC)c(OC)c1. The first-order chi connectivity index (χ1) is 15.9. The van der Waals surface area contributed by atoms with Gasteiger partial charge in [-0.05, 0) is 49.2 Å². The van der Waals surface area contributed by atoms with E-state index in [1.807, 2.05) is 13.8 Å². The second-order valence-corrected chi connectivity index (χ2v) is 7.41. The predicted octanol–water partition coefficient (Wildman–Crippen LogP) is 3.94. The summed E-state index contributed by atoms with van der Waals surface area (Å²) >= 11 is 0. The summed E-state index contributed by atoms with van der Waals surface area (Å²) in [5.41, 5.74) is 0.974. The van der Waals surface area contributed by atoms with Gasteiger partial charge in [0.05, 0.1) is 39.6 Å². The molecule has 1 atom stereocenters. The van der Waals surface area contributed by atoms with E-state index < -0.39 is 17.7 Å². The molecule has 1 heterocycles. The van der Waals surface area contributed by atoms with Crippen molar-refractivity contribution < 1.29 is 33.6 Å². The zero-order chi connectivity index (χ0) is 24.1. The number of methoxy groups -OCH3 is 3. The molecule has 0 aromatic heterocycles. The van der Waals surface area contributed by atoms with Crippen molar-refractivity contribution in [3.8, 4) is 23.0 Å². The Morgan fingerprint density at radius 2 is 1.55 bits per heavy atom. The molecular weight excluding hydrogens is 426 g/mol. The number of hydrogen-bond acceptors (Lipinski definition) is 7. The number of ketones is 1. The van der Waals surface area contributed by atoms with E-state index in [1.165, 1.54) is 26.2 Å². The molecule has 1 aliphatic heterocycles. The highest BCUT2D eigenvalue weighted by Gasteiger charge is 2.46. The first-order valence-corrected chi connectivity index (χ1v) is 10.7. The van der Waals surface area contributed by atoms with Gasteiger partial charge in [0, 0.05) is 12.1 Å². The van der Waals surface area contributed by atoms with Gasteiger partial charge in [-0.1, -0.05) is 13.0 Å². The highest BCUT2D eigenvalue weighted by atomic mass is 16.5. The topological polar surface area (TPSA) is 94.5 Å². The Hall–Kier alpha value is -3.68. The number of aliphatic hydroxyl groups is 1. The highest BCUT2D eigenvalue weighted by Crippen LogP contribution is 2.42. The Morgan fingerprint density at radius 3 is 2.15 bits per heavy atom. The van der Waals surface area contributed by atoms with Gasteiger partial charge in [0.15, 0.2) is 23.0 Å². The standard InChI is InChI=1S/C25H29NO7/c1-6-12-26-22(15-8-11-18(33-7-2)20(13-15)32-5)21(24(28)25(26)29)23(27)16-9-10-17(30-3)19(14-16)31-4/h8-11,13-14,22,27H,6-7,12H2,1-5H3/b23-21-. The van der Waals surface area contributed by atoms with Gasteiger partial charge in [-0.3, -0.25) is 9.59 Å². The van der Waals surface area contributed by atoms with E-state index in [4.69, 9.17) is 18.9 Å². The number of carbonyl (C=O) groups is 2. The number of aliphatic hydroxyl groups excluding tert-OH is 1. The van der Waals surface area contributed by atoms with Gasteiger partial charge in [0.1, 0.15) is 5.76 Å². The van der Waals surface area contributed by atoms with E-state index >= 15 is 0 Å². The molecule has 1 unspecified atom stereocenters. The Bertz CT molecular complexity index is 1080. The molecule has 1 aliphatic rings. The van der Waals surface area contributed by atoms with Gasteiger partial charge in [0.2, 0.25) is 0 Å². The van der Waals surface area contributed by atoms with Crippen molar-refractivity contribution in [1.82, 2.24) is 4.90 Å². The van der Waals surface area contributed by atoms with Crippen LogP contribution < -0.4 is 18.9 Å². The summed E-state index contributed by atoms with van der Waals surface area (Å²) in [4.78, 5) is 27.4. The van der Waals surface area contributed by atoms with Crippen molar-refractivity contribution in [1.29, 1.82) is 0 Å². The van der Waals surface area contributed by atoms with Crippen LogP contribution in [-0.4, -0.2) is 56.2 Å². The Morgan fingerprint density at radius 1 is 0.909 bits per heavy atom. The number of likely N-dealkylation sites (tertiary alicyclic amines) is 1. The Balaban J connectivity index is 2.20. The van der Waals surface area contributed by atoms with Crippen LogP contribution in [0.1, 0.15) is 37.4 Å². The molecule has 0 spiro atoms. The fraction of sp³-hybridized carbons (Fsp3) is 0.360. The predicted molar refractivity (Wildman–Crippen MR) is 123 cm³/mol. The lowest BCUT2D eigenvalue weighted by Gasteiger charge is -2.25. The van der Waals surface area contributed by atoms with Crippen molar-refractivity contribution in [2.75, 3.05) is 34.5 Å². The first-order valence-electron chi connectivity index (χ1n) is 10.7. The minimum atomic E-state index is -0.775. The van der Waals surface area contributed by atoms with Gasteiger partial charge >= 0.3 is 0 Å². The fourth-order valence-corrected chi connectivity index (χ4v) is 3.97. The fourth-order valence-electron chi connectivity index (χ4n) is 3.97. The number of ether oxygens (including phenoxy) is 4. The average molecular weight is 456 g/mol. The van der Waals surface area contributed by atoms with Gasteiger partial charge < -0.3 is 29.0 Å². The zero-order valence-electron chi connectivity index (χ0n) is 19.5. The number of benzene rings is 2. The van der Waals surface area contributed by atoms with Crippen molar-refractivity contribution >= 4 is 17.4 Å². The third kappa shape index (κ3) is 4.46. The molecule has 0 saturated carbocycles. The quantitative estimate of drug-likeness (QED) is 0.348. The molecule has 176 valence electrons. The lowest BCUT2D eigenvalue weighted by Crippen LogP contribution is -2.30. The molecule has 2 aromatic rings. The monoisotopic (exact) mass is 455 g/mol. The summed E-state index contributed by atoms with van der Waals surface area (Å²) in [6.07, 6.45) is 0.647. The second-order valence-electron chi connectivity index (χ2n) is 7.41. The van der Waals surface area contributed by atoms with Crippen molar-refractivity contribution in [2.24, 2.45) is 0 Å². The lowest BCUT2D eigenvalue weighted by molar-refractivity contribution is -0.139. The highest BCUT2D eigenvalue weighted by molar-refractivity contribution is 6.46. The number of rotatable bonds is 9. The van der Waals surface area contributed by atoms with Crippen LogP contribution in [0.25, 0.3) is 5.76 Å². The Kier molecular flexibility index (Phi) is 7.48. The van der Waals surface area contributed by atoms with Gasteiger partial charge in [0.25, 0.3) is 11.7 Å². The van der Waals surface area contributed by atoms with Crippen LogP contribution in [0.5, 0.6) is 23.0 Å². The maximum atomic E-state index is 13.1. The molecular formula is C25H29NO7. The summed E-state index contributed by atoms with van der Waals surface area (Å²) in [6.45, 7) is 4.60. The minimum Gasteiger partial charge on any atom is -0.507 e. The molecule has 33 heavy (non-hydrogen) atoms. The molecule has 0 radical (unpaired) electrons. The average Bonchev–Trinajstić information content (AvgIpc) is 3.08. The molecule has 8 heteroatoms. The van der Waals surface area contributed by atoms with Crippen molar-refractivity contribution in [3.63, 3.8) is 0 Å². The van der Waals surface area contributed by atoms with Crippen LogP contribution in [0.2, 0.25) is 0 Å². The Labute approximate surface area is 193 Å². The van der Waals surface area contributed by atoms with Crippen molar-refractivity contribution in [3.05, 3.63) is 53.1 Å². The van der Waals surface area contributed by atoms with Crippen LogP contribution in [0, 0.1) is 0 Å². The van der Waals surface area contributed by atoms with Gasteiger partial charge in [-0.15, -0.1) is 0 Å². The van der Waals surface area contributed by atoms with E-state index in [1.54, 1.807) is 36.4 Å². The largest absolute Gasteiger partial charge is 0.507 e. The van der Waals surface area contributed by atoms with E-state index in [0.29, 0.717) is 53.7 Å². The van der Waals surface area contributed by atoms with Gasteiger partial charge in [-0.25, -0.2) is 0 Å². The lowest BCUT2D eigenvalue weighted by atomic mass is 9.94. The molecule has 8 nitrogen and oxygen atoms in total. The second kappa shape index (κ2) is 10.3. The van der Waals surface area contributed by atoms with Crippen LogP contribution in [0.3, 0.4) is 0 Å².